The van der Waals surface area contributed by atoms with Crippen molar-refractivity contribution in [3.8, 4) is 11.1 Å². The number of benzene rings is 2. The molecule has 1 aromatic heterocycles. The van der Waals surface area contributed by atoms with E-state index in [9.17, 15) is 4.79 Å². The fourth-order valence-corrected chi connectivity index (χ4v) is 3.27. The van der Waals surface area contributed by atoms with Crippen molar-refractivity contribution in [2.75, 3.05) is 6.61 Å². The lowest BCUT2D eigenvalue weighted by Crippen LogP contribution is -1.98. The van der Waals surface area contributed by atoms with Gasteiger partial charge in [-0.3, -0.25) is 0 Å². The molecule has 0 spiro atoms. The minimum absolute atomic E-state index is 0.306. The van der Waals surface area contributed by atoms with Gasteiger partial charge in [-0.25, -0.2) is 4.79 Å². The Morgan fingerprint density at radius 3 is 2.77 bits per heavy atom. The van der Waals surface area contributed by atoms with Crippen molar-refractivity contribution >= 4 is 34.2 Å². The third kappa shape index (κ3) is 2.95. The second-order valence-electron chi connectivity index (χ2n) is 4.81. The van der Waals surface area contributed by atoms with E-state index in [1.54, 1.807) is 18.3 Å². The molecule has 0 aliphatic carbocycles. The van der Waals surface area contributed by atoms with Gasteiger partial charge in [-0.1, -0.05) is 42.5 Å². The van der Waals surface area contributed by atoms with E-state index in [0.717, 1.165) is 10.4 Å². The summed E-state index contributed by atoms with van der Waals surface area (Å²) in [7, 11) is 0. The third-order valence-corrected chi connectivity index (χ3v) is 4.31. The first-order valence-electron chi connectivity index (χ1n) is 7.20. The molecule has 1 heterocycles. The van der Waals surface area contributed by atoms with Gasteiger partial charge in [0, 0.05) is 16.5 Å². The van der Waals surface area contributed by atoms with Gasteiger partial charge in [0.1, 0.15) is 0 Å². The second kappa shape index (κ2) is 6.58. The Balaban J connectivity index is 2.02. The zero-order chi connectivity index (χ0) is 15.4. The summed E-state index contributed by atoms with van der Waals surface area (Å²) in [4.78, 5) is 12.6. The Kier molecular flexibility index (Phi) is 4.35. The Labute approximate surface area is 133 Å². The van der Waals surface area contributed by atoms with Gasteiger partial charge in [0.2, 0.25) is 0 Å². The molecule has 0 aliphatic rings. The van der Waals surface area contributed by atoms with Crippen LogP contribution in [0.1, 0.15) is 11.8 Å². The molecule has 0 N–H and O–H groups in total. The number of carbonyl (C=O) groups is 1. The van der Waals surface area contributed by atoms with Gasteiger partial charge in [0.25, 0.3) is 0 Å². The number of thiophene rings is 1. The highest BCUT2D eigenvalue weighted by Gasteiger charge is 2.08. The van der Waals surface area contributed by atoms with E-state index in [2.05, 4.69) is 36.4 Å². The first kappa shape index (κ1) is 14.5. The van der Waals surface area contributed by atoms with Crippen LogP contribution in [0.3, 0.4) is 0 Å². The highest BCUT2D eigenvalue weighted by Crippen LogP contribution is 2.34. The van der Waals surface area contributed by atoms with Crippen LogP contribution in [-0.4, -0.2) is 12.6 Å². The van der Waals surface area contributed by atoms with Crippen molar-refractivity contribution < 1.29 is 9.53 Å². The standard InChI is InChI=1S/C19H16O2S/c1-2-21-19(20)11-10-18-17(12-13-22-18)16-9-5-7-14-6-3-4-8-15(14)16/h3-13H,2H2,1H3. The van der Waals surface area contributed by atoms with Crippen molar-refractivity contribution in [3.05, 3.63) is 64.9 Å². The minimum atomic E-state index is -0.306. The molecule has 0 amide bonds. The lowest BCUT2D eigenvalue weighted by Gasteiger charge is -2.06. The highest BCUT2D eigenvalue weighted by atomic mass is 32.1. The maximum Gasteiger partial charge on any atom is 0.330 e. The summed E-state index contributed by atoms with van der Waals surface area (Å²) in [5.74, 6) is -0.306. The molecule has 0 saturated heterocycles. The van der Waals surface area contributed by atoms with Gasteiger partial charge >= 0.3 is 5.97 Å². The van der Waals surface area contributed by atoms with E-state index in [1.165, 1.54) is 22.4 Å². The number of hydrogen-bond acceptors (Lipinski definition) is 3. The number of ether oxygens (including phenoxy) is 1. The summed E-state index contributed by atoms with van der Waals surface area (Å²) in [5, 5.41) is 4.47. The molecular formula is C19H16O2S. The molecule has 0 radical (unpaired) electrons. The first-order valence-corrected chi connectivity index (χ1v) is 8.08. The van der Waals surface area contributed by atoms with E-state index < -0.39 is 0 Å². The van der Waals surface area contributed by atoms with Crippen LogP contribution < -0.4 is 0 Å². The average Bonchev–Trinajstić information content (AvgIpc) is 3.01. The normalized spacial score (nSPS) is 11.1. The first-order chi connectivity index (χ1) is 10.8. The molecule has 0 aliphatic heterocycles. The molecule has 0 fully saturated rings. The smallest absolute Gasteiger partial charge is 0.330 e. The monoisotopic (exact) mass is 308 g/mol. The summed E-state index contributed by atoms with van der Waals surface area (Å²) in [6, 6.07) is 16.7. The summed E-state index contributed by atoms with van der Waals surface area (Å²) in [5.41, 5.74) is 2.32. The van der Waals surface area contributed by atoms with E-state index in [1.807, 2.05) is 23.6 Å². The molecule has 3 aromatic rings. The fraction of sp³-hybridized carbons (Fsp3) is 0.105. The van der Waals surface area contributed by atoms with Gasteiger partial charge in [0.15, 0.2) is 0 Å². The lowest BCUT2D eigenvalue weighted by atomic mass is 9.99. The lowest BCUT2D eigenvalue weighted by molar-refractivity contribution is -0.137. The van der Waals surface area contributed by atoms with Crippen molar-refractivity contribution in [3.63, 3.8) is 0 Å². The highest BCUT2D eigenvalue weighted by molar-refractivity contribution is 7.11. The number of carbonyl (C=O) groups excluding carboxylic acids is 1. The van der Waals surface area contributed by atoms with Crippen LogP contribution in [0.5, 0.6) is 0 Å². The van der Waals surface area contributed by atoms with E-state index >= 15 is 0 Å². The number of hydrogen-bond donors (Lipinski definition) is 0. The van der Waals surface area contributed by atoms with Crippen LogP contribution in [-0.2, 0) is 9.53 Å². The van der Waals surface area contributed by atoms with Gasteiger partial charge < -0.3 is 4.74 Å². The van der Waals surface area contributed by atoms with Crippen molar-refractivity contribution in [2.45, 2.75) is 6.92 Å². The summed E-state index contributed by atoms with van der Waals surface area (Å²) >= 11 is 1.62. The Hall–Kier alpha value is -2.39. The van der Waals surface area contributed by atoms with Crippen LogP contribution >= 0.6 is 11.3 Å². The average molecular weight is 308 g/mol. The van der Waals surface area contributed by atoms with E-state index in [0.29, 0.717) is 6.61 Å². The number of rotatable bonds is 4. The third-order valence-electron chi connectivity index (χ3n) is 3.43. The quantitative estimate of drug-likeness (QED) is 0.492. The summed E-state index contributed by atoms with van der Waals surface area (Å²) in [6.07, 6.45) is 3.32. The zero-order valence-corrected chi connectivity index (χ0v) is 13.1. The second-order valence-corrected chi connectivity index (χ2v) is 5.76. The molecule has 2 nitrogen and oxygen atoms in total. The minimum Gasteiger partial charge on any atom is -0.463 e. The number of esters is 1. The predicted molar refractivity (Wildman–Crippen MR) is 92.9 cm³/mol. The Bertz CT molecular complexity index is 825. The summed E-state index contributed by atoms with van der Waals surface area (Å²) in [6.45, 7) is 2.20. The SMILES string of the molecule is CCOC(=O)C=Cc1sccc1-c1cccc2ccccc12. The molecule has 0 saturated carbocycles. The molecule has 0 atom stereocenters. The molecular weight excluding hydrogens is 292 g/mol. The van der Waals surface area contributed by atoms with Gasteiger partial charge in [-0.05, 0) is 40.8 Å². The van der Waals surface area contributed by atoms with Gasteiger partial charge in [-0.15, -0.1) is 11.3 Å². The molecule has 2 aromatic carbocycles. The zero-order valence-electron chi connectivity index (χ0n) is 12.3. The molecule has 22 heavy (non-hydrogen) atoms. The predicted octanol–water partition coefficient (Wildman–Crippen LogP) is 5.14. The number of fused-ring (bicyclic) bond motifs is 1. The van der Waals surface area contributed by atoms with Crippen molar-refractivity contribution in [1.82, 2.24) is 0 Å². The maximum atomic E-state index is 11.5. The molecule has 3 rings (SSSR count). The van der Waals surface area contributed by atoms with Crippen LogP contribution in [0.2, 0.25) is 0 Å². The Morgan fingerprint density at radius 2 is 1.91 bits per heavy atom. The maximum absolute atomic E-state index is 11.5. The molecule has 3 heteroatoms. The van der Waals surface area contributed by atoms with E-state index in [4.69, 9.17) is 4.74 Å². The molecule has 0 bridgehead atoms. The fourth-order valence-electron chi connectivity index (χ4n) is 2.47. The van der Waals surface area contributed by atoms with Crippen LogP contribution in [0, 0.1) is 0 Å². The van der Waals surface area contributed by atoms with Crippen molar-refractivity contribution in [1.29, 1.82) is 0 Å². The van der Waals surface area contributed by atoms with Crippen molar-refractivity contribution in [2.24, 2.45) is 0 Å². The van der Waals surface area contributed by atoms with Crippen LogP contribution in [0.15, 0.2) is 60.0 Å². The van der Waals surface area contributed by atoms with Gasteiger partial charge in [0.05, 0.1) is 6.61 Å². The van der Waals surface area contributed by atoms with E-state index in [-0.39, 0.29) is 5.97 Å². The van der Waals surface area contributed by atoms with Crippen LogP contribution in [0.25, 0.3) is 28.0 Å². The molecule has 110 valence electrons. The Morgan fingerprint density at radius 1 is 1.09 bits per heavy atom. The molecule has 0 unspecified atom stereocenters. The largest absolute Gasteiger partial charge is 0.463 e. The topological polar surface area (TPSA) is 26.3 Å². The van der Waals surface area contributed by atoms with Crippen LogP contribution in [0.4, 0.5) is 0 Å². The summed E-state index contributed by atoms with van der Waals surface area (Å²) < 4.78 is 4.93. The van der Waals surface area contributed by atoms with Gasteiger partial charge in [-0.2, -0.15) is 0 Å².